The first-order chi connectivity index (χ1) is 10.6. The number of alkyl halides is 2. The third-order valence-corrected chi connectivity index (χ3v) is 6.00. The molecule has 0 aliphatic heterocycles. The van der Waals surface area contributed by atoms with E-state index >= 15 is 0 Å². The molecule has 0 saturated heterocycles. The number of ether oxygens (including phenoxy) is 1. The lowest BCUT2D eigenvalue weighted by atomic mass is 10.1. The molecule has 5 nitrogen and oxygen atoms in total. The molecule has 2 atom stereocenters. The highest BCUT2D eigenvalue weighted by Crippen LogP contribution is 2.20. The fraction of sp³-hybridized carbons (Fsp3) is 0.533. The summed E-state index contributed by atoms with van der Waals surface area (Å²) in [7, 11) is -3.54. The lowest BCUT2D eigenvalue weighted by Gasteiger charge is -2.19. The van der Waals surface area contributed by atoms with E-state index in [1.54, 1.807) is 6.92 Å². The highest BCUT2D eigenvalue weighted by molar-refractivity contribution is 7.93. The van der Waals surface area contributed by atoms with E-state index in [1.165, 1.54) is 45.0 Å². The number of benzene rings is 1. The largest absolute Gasteiger partial charge is 0.435 e. The molecule has 1 rings (SSSR count). The third kappa shape index (κ3) is 5.16. The first-order valence-corrected chi connectivity index (χ1v) is 8.74. The van der Waals surface area contributed by atoms with Gasteiger partial charge in [-0.25, -0.2) is 8.42 Å². The van der Waals surface area contributed by atoms with Crippen molar-refractivity contribution in [2.45, 2.75) is 50.8 Å². The van der Waals surface area contributed by atoms with E-state index in [2.05, 4.69) is 10.1 Å². The van der Waals surface area contributed by atoms with Crippen molar-refractivity contribution in [2.75, 3.05) is 0 Å². The van der Waals surface area contributed by atoms with Crippen molar-refractivity contribution in [3.63, 3.8) is 0 Å². The summed E-state index contributed by atoms with van der Waals surface area (Å²) in [6.45, 7) is 3.15. The maximum absolute atomic E-state index is 12.1. The average molecular weight is 349 g/mol. The van der Waals surface area contributed by atoms with Gasteiger partial charge in [0.15, 0.2) is 9.84 Å². The molecule has 1 aromatic carbocycles. The summed E-state index contributed by atoms with van der Waals surface area (Å²) < 4.78 is 52.4. The molecule has 0 radical (unpaired) electrons. The first-order valence-electron chi connectivity index (χ1n) is 7.13. The third-order valence-electron chi connectivity index (χ3n) is 3.48. The van der Waals surface area contributed by atoms with Crippen molar-refractivity contribution < 1.29 is 26.7 Å². The SMILES string of the molecule is CC(NC(=O)C(C)S(=O)(=O)C(C)C)c1ccc(OC(F)F)cc1. The van der Waals surface area contributed by atoms with Gasteiger partial charge in [0.2, 0.25) is 5.91 Å². The minimum absolute atomic E-state index is 0.0121. The highest BCUT2D eigenvalue weighted by Gasteiger charge is 2.31. The average Bonchev–Trinajstić information content (AvgIpc) is 2.46. The Labute approximate surface area is 134 Å². The Kier molecular flexibility index (Phi) is 6.49. The van der Waals surface area contributed by atoms with E-state index in [-0.39, 0.29) is 5.75 Å². The monoisotopic (exact) mass is 349 g/mol. The van der Waals surface area contributed by atoms with Gasteiger partial charge < -0.3 is 10.1 Å². The van der Waals surface area contributed by atoms with E-state index in [4.69, 9.17) is 0 Å². The van der Waals surface area contributed by atoms with Gasteiger partial charge in [0.05, 0.1) is 11.3 Å². The minimum Gasteiger partial charge on any atom is -0.435 e. The van der Waals surface area contributed by atoms with Gasteiger partial charge in [-0.15, -0.1) is 0 Å². The maximum atomic E-state index is 12.1. The van der Waals surface area contributed by atoms with Crippen LogP contribution < -0.4 is 10.1 Å². The van der Waals surface area contributed by atoms with Gasteiger partial charge in [0, 0.05) is 0 Å². The number of halogens is 2. The van der Waals surface area contributed by atoms with E-state index in [9.17, 15) is 22.0 Å². The van der Waals surface area contributed by atoms with E-state index in [1.807, 2.05) is 0 Å². The Balaban J connectivity index is 2.75. The molecular formula is C15H21F2NO4S. The molecule has 0 spiro atoms. The Morgan fingerprint density at radius 3 is 2.04 bits per heavy atom. The molecule has 0 aliphatic rings. The molecular weight excluding hydrogens is 328 g/mol. The summed E-state index contributed by atoms with van der Waals surface area (Å²) in [6.07, 6.45) is 0. The fourth-order valence-electron chi connectivity index (χ4n) is 1.91. The molecule has 0 heterocycles. The fourth-order valence-corrected chi connectivity index (χ4v) is 3.09. The van der Waals surface area contributed by atoms with Crippen LogP contribution in [0.25, 0.3) is 0 Å². The molecule has 23 heavy (non-hydrogen) atoms. The van der Waals surface area contributed by atoms with Gasteiger partial charge in [-0.1, -0.05) is 12.1 Å². The topological polar surface area (TPSA) is 72.5 Å². The lowest BCUT2D eigenvalue weighted by molar-refractivity contribution is -0.121. The van der Waals surface area contributed by atoms with E-state index < -0.39 is 38.9 Å². The maximum Gasteiger partial charge on any atom is 0.387 e. The highest BCUT2D eigenvalue weighted by atomic mass is 32.2. The first kappa shape index (κ1) is 19.3. The number of carbonyl (C=O) groups is 1. The van der Waals surface area contributed by atoms with Crippen LogP contribution in [0.5, 0.6) is 5.75 Å². The summed E-state index contributed by atoms with van der Waals surface area (Å²) in [5.41, 5.74) is 0.647. The molecule has 130 valence electrons. The van der Waals surface area contributed by atoms with Gasteiger partial charge in [-0.3, -0.25) is 4.79 Å². The van der Waals surface area contributed by atoms with Crippen LogP contribution in [0.15, 0.2) is 24.3 Å². The number of sulfone groups is 1. The molecule has 1 N–H and O–H groups in total. The van der Waals surface area contributed by atoms with Gasteiger partial charge in [-0.05, 0) is 45.4 Å². The van der Waals surface area contributed by atoms with Crippen LogP contribution in [0.4, 0.5) is 8.78 Å². The zero-order valence-electron chi connectivity index (χ0n) is 13.4. The Hall–Kier alpha value is -1.70. The second-order valence-electron chi connectivity index (χ2n) is 5.46. The smallest absolute Gasteiger partial charge is 0.387 e. The van der Waals surface area contributed by atoms with Crippen LogP contribution in [0, 0.1) is 0 Å². The quantitative estimate of drug-likeness (QED) is 0.821. The number of hydrogen-bond donors (Lipinski definition) is 1. The molecule has 0 aromatic heterocycles. The normalized spacial score (nSPS) is 14.6. The summed E-state index contributed by atoms with van der Waals surface area (Å²) in [4.78, 5) is 12.1. The van der Waals surface area contributed by atoms with Crippen LogP contribution in [0.1, 0.15) is 39.3 Å². The second-order valence-corrected chi connectivity index (χ2v) is 8.29. The molecule has 1 amide bonds. The van der Waals surface area contributed by atoms with E-state index in [0.717, 1.165) is 0 Å². The van der Waals surface area contributed by atoms with Crippen molar-refractivity contribution in [3.05, 3.63) is 29.8 Å². The van der Waals surface area contributed by atoms with Crippen LogP contribution >= 0.6 is 0 Å². The zero-order chi connectivity index (χ0) is 17.8. The predicted molar refractivity (Wildman–Crippen MR) is 83.1 cm³/mol. The number of carbonyl (C=O) groups excluding carboxylic acids is 1. The van der Waals surface area contributed by atoms with Gasteiger partial charge in [0.25, 0.3) is 0 Å². The molecule has 0 bridgehead atoms. The molecule has 0 aliphatic carbocycles. The molecule has 1 aromatic rings. The number of hydrogen-bond acceptors (Lipinski definition) is 4. The van der Waals surface area contributed by atoms with Crippen molar-refractivity contribution >= 4 is 15.7 Å². The van der Waals surface area contributed by atoms with Gasteiger partial charge in [-0.2, -0.15) is 8.78 Å². The summed E-state index contributed by atoms with van der Waals surface area (Å²) in [5.74, 6) is -0.586. The van der Waals surface area contributed by atoms with Crippen molar-refractivity contribution in [1.29, 1.82) is 0 Å². The molecule has 8 heteroatoms. The number of rotatable bonds is 7. The molecule has 0 fully saturated rings. The minimum atomic E-state index is -3.54. The summed E-state index contributed by atoms with van der Waals surface area (Å²) in [6, 6.07) is 5.32. The Morgan fingerprint density at radius 2 is 1.61 bits per heavy atom. The number of amides is 1. The van der Waals surface area contributed by atoms with Crippen LogP contribution in [-0.2, 0) is 14.6 Å². The zero-order valence-corrected chi connectivity index (χ0v) is 14.2. The van der Waals surface area contributed by atoms with Gasteiger partial charge >= 0.3 is 6.61 Å². The summed E-state index contributed by atoms with van der Waals surface area (Å²) in [5, 5.41) is 0.801. The van der Waals surface area contributed by atoms with Crippen molar-refractivity contribution in [2.24, 2.45) is 0 Å². The van der Waals surface area contributed by atoms with Crippen LogP contribution in [0.2, 0.25) is 0 Å². The van der Waals surface area contributed by atoms with Crippen LogP contribution in [0.3, 0.4) is 0 Å². The van der Waals surface area contributed by atoms with Crippen molar-refractivity contribution in [1.82, 2.24) is 5.32 Å². The second kappa shape index (κ2) is 7.72. The van der Waals surface area contributed by atoms with Gasteiger partial charge in [0.1, 0.15) is 11.0 Å². The predicted octanol–water partition coefficient (Wildman–Crippen LogP) is 2.68. The number of nitrogens with one attached hydrogen (secondary N) is 1. The van der Waals surface area contributed by atoms with E-state index in [0.29, 0.717) is 5.56 Å². The van der Waals surface area contributed by atoms with Crippen LogP contribution in [-0.4, -0.2) is 31.4 Å². The lowest BCUT2D eigenvalue weighted by Crippen LogP contribution is -2.41. The summed E-state index contributed by atoms with van der Waals surface area (Å²) >= 11 is 0. The van der Waals surface area contributed by atoms with Crippen molar-refractivity contribution in [3.8, 4) is 5.75 Å². The Bertz CT molecular complexity index is 629. The molecule has 0 saturated carbocycles. The Morgan fingerprint density at radius 1 is 1.09 bits per heavy atom. The standard InChI is InChI=1S/C15H21F2NO4S/c1-9(2)23(20,21)11(4)14(19)18-10(3)12-5-7-13(8-6-12)22-15(16)17/h5-11,15H,1-4H3,(H,18,19). The molecule has 2 unspecified atom stereocenters.